The lowest BCUT2D eigenvalue weighted by Gasteiger charge is -2.28. The first-order valence-electron chi connectivity index (χ1n) is 8.30. The molecule has 1 aromatic carbocycles. The summed E-state index contributed by atoms with van der Waals surface area (Å²) in [5.74, 6) is 1.44. The number of nitrogens with zero attached hydrogens (tertiary/aromatic N) is 1. The number of hydrogen-bond donors (Lipinski definition) is 1. The molecule has 1 fully saturated rings. The summed E-state index contributed by atoms with van der Waals surface area (Å²) in [5.41, 5.74) is 2.23. The number of benzene rings is 1. The zero-order valence-corrected chi connectivity index (χ0v) is 15.9. The van der Waals surface area contributed by atoms with Crippen LogP contribution >= 0.6 is 15.9 Å². The molecule has 0 spiro atoms. The maximum absolute atomic E-state index is 11.9. The van der Waals surface area contributed by atoms with E-state index in [9.17, 15) is 4.79 Å². The zero-order valence-electron chi connectivity index (χ0n) is 14.3. The van der Waals surface area contributed by atoms with Crippen LogP contribution in [0.2, 0.25) is 0 Å². The molecule has 4 nitrogen and oxygen atoms in total. The second-order valence-corrected chi connectivity index (χ2v) is 7.34. The van der Waals surface area contributed by atoms with Gasteiger partial charge in [0.1, 0.15) is 5.75 Å². The number of carbonyl (C=O) groups excluding carboxylic acids is 1. The summed E-state index contributed by atoms with van der Waals surface area (Å²) in [6, 6.07) is 3.89. The summed E-state index contributed by atoms with van der Waals surface area (Å²) in [6.07, 6.45) is 3.54. The minimum absolute atomic E-state index is 0.0452. The van der Waals surface area contributed by atoms with Crippen LogP contribution in [0.1, 0.15) is 30.4 Å². The molecule has 5 heteroatoms. The Kier molecular flexibility index (Phi) is 6.90. The minimum Gasteiger partial charge on any atom is -0.484 e. The maximum atomic E-state index is 11.9. The standard InChI is InChI=1S/C18H27BrN2O2/c1-13-10-16(11-14(2)18(13)19)23-12-17(22)20-7-4-15-5-8-21(3)9-6-15/h10-11,15H,4-9,12H2,1-3H3,(H,20,22). The Morgan fingerprint density at radius 2 is 1.91 bits per heavy atom. The predicted molar refractivity (Wildman–Crippen MR) is 97.0 cm³/mol. The number of rotatable bonds is 6. The van der Waals surface area contributed by atoms with Gasteiger partial charge in [-0.25, -0.2) is 0 Å². The molecule has 23 heavy (non-hydrogen) atoms. The highest BCUT2D eigenvalue weighted by atomic mass is 79.9. The molecule has 1 aliphatic rings. The zero-order chi connectivity index (χ0) is 16.8. The van der Waals surface area contributed by atoms with Crippen molar-refractivity contribution >= 4 is 21.8 Å². The van der Waals surface area contributed by atoms with Gasteiger partial charge in [0.05, 0.1) is 0 Å². The predicted octanol–water partition coefficient (Wildman–Crippen LogP) is 3.29. The van der Waals surface area contributed by atoms with Gasteiger partial charge in [-0.15, -0.1) is 0 Å². The van der Waals surface area contributed by atoms with Crippen molar-refractivity contribution in [1.29, 1.82) is 0 Å². The van der Waals surface area contributed by atoms with Crippen LogP contribution in [0.3, 0.4) is 0 Å². The largest absolute Gasteiger partial charge is 0.484 e. The molecule has 1 saturated heterocycles. The van der Waals surface area contributed by atoms with Crippen molar-refractivity contribution in [2.45, 2.75) is 33.1 Å². The third-order valence-electron chi connectivity index (χ3n) is 4.49. The highest BCUT2D eigenvalue weighted by Crippen LogP contribution is 2.26. The number of aryl methyl sites for hydroxylation is 2. The normalized spacial score (nSPS) is 16.3. The van der Waals surface area contributed by atoms with Crippen molar-refractivity contribution in [2.24, 2.45) is 5.92 Å². The summed E-state index contributed by atoms with van der Waals surface area (Å²) >= 11 is 3.53. The summed E-state index contributed by atoms with van der Waals surface area (Å²) < 4.78 is 6.69. The SMILES string of the molecule is Cc1cc(OCC(=O)NCCC2CCN(C)CC2)cc(C)c1Br. The number of likely N-dealkylation sites (tertiary alicyclic amines) is 1. The molecule has 0 aromatic heterocycles. The van der Waals surface area contributed by atoms with Crippen molar-refractivity contribution in [2.75, 3.05) is 33.3 Å². The van der Waals surface area contributed by atoms with Crippen molar-refractivity contribution in [1.82, 2.24) is 10.2 Å². The van der Waals surface area contributed by atoms with Gasteiger partial charge in [0.2, 0.25) is 0 Å². The molecule has 0 atom stereocenters. The second-order valence-electron chi connectivity index (χ2n) is 6.55. The van der Waals surface area contributed by atoms with Gasteiger partial charge >= 0.3 is 0 Å². The van der Waals surface area contributed by atoms with Crippen LogP contribution in [0.4, 0.5) is 0 Å². The number of hydrogen-bond acceptors (Lipinski definition) is 3. The van der Waals surface area contributed by atoms with E-state index in [1.54, 1.807) is 0 Å². The maximum Gasteiger partial charge on any atom is 0.257 e. The average Bonchev–Trinajstić information content (AvgIpc) is 2.52. The second kappa shape index (κ2) is 8.69. The molecule has 0 radical (unpaired) electrons. The quantitative estimate of drug-likeness (QED) is 0.820. The molecule has 0 saturated carbocycles. The van der Waals surface area contributed by atoms with Crippen molar-refractivity contribution < 1.29 is 9.53 Å². The first-order valence-corrected chi connectivity index (χ1v) is 9.10. The number of amides is 1. The van der Waals surface area contributed by atoms with Crippen LogP contribution in [0.5, 0.6) is 5.75 Å². The molecule has 0 aliphatic carbocycles. The van der Waals surface area contributed by atoms with E-state index in [0.717, 1.165) is 40.2 Å². The third kappa shape index (κ3) is 5.81. The lowest BCUT2D eigenvalue weighted by atomic mass is 9.94. The number of piperidine rings is 1. The van der Waals surface area contributed by atoms with Gasteiger partial charge in [0.15, 0.2) is 6.61 Å². The Balaban J connectivity index is 1.67. The van der Waals surface area contributed by atoms with E-state index < -0.39 is 0 Å². The van der Waals surface area contributed by atoms with Crippen LogP contribution in [0.25, 0.3) is 0 Å². The van der Waals surface area contributed by atoms with E-state index in [4.69, 9.17) is 4.74 Å². The minimum atomic E-state index is -0.0452. The highest BCUT2D eigenvalue weighted by Gasteiger charge is 2.16. The first-order chi connectivity index (χ1) is 11.0. The van der Waals surface area contributed by atoms with Crippen LogP contribution in [-0.4, -0.2) is 44.1 Å². The van der Waals surface area contributed by atoms with E-state index in [0.29, 0.717) is 0 Å². The van der Waals surface area contributed by atoms with E-state index >= 15 is 0 Å². The van der Waals surface area contributed by atoms with Crippen molar-refractivity contribution in [3.8, 4) is 5.75 Å². The first kappa shape index (κ1) is 18.3. The summed E-state index contributed by atoms with van der Waals surface area (Å²) in [5, 5.41) is 2.97. The average molecular weight is 383 g/mol. The van der Waals surface area contributed by atoms with E-state index in [-0.39, 0.29) is 12.5 Å². The molecule has 2 rings (SSSR count). The molecule has 1 aliphatic heterocycles. The van der Waals surface area contributed by atoms with Gasteiger partial charge in [-0.2, -0.15) is 0 Å². The van der Waals surface area contributed by atoms with Crippen LogP contribution < -0.4 is 10.1 Å². The molecular formula is C18H27BrN2O2. The van der Waals surface area contributed by atoms with Crippen molar-refractivity contribution in [3.63, 3.8) is 0 Å². The molecule has 128 valence electrons. The van der Waals surface area contributed by atoms with Gasteiger partial charge in [0, 0.05) is 11.0 Å². The Morgan fingerprint density at radius 3 is 2.52 bits per heavy atom. The molecule has 0 bridgehead atoms. The van der Waals surface area contributed by atoms with E-state index in [2.05, 4.69) is 33.2 Å². The molecule has 1 amide bonds. The summed E-state index contributed by atoms with van der Waals surface area (Å²) in [6.45, 7) is 7.20. The van der Waals surface area contributed by atoms with Crippen molar-refractivity contribution in [3.05, 3.63) is 27.7 Å². The highest BCUT2D eigenvalue weighted by molar-refractivity contribution is 9.10. The summed E-state index contributed by atoms with van der Waals surface area (Å²) in [7, 11) is 2.17. The van der Waals surface area contributed by atoms with E-state index in [1.165, 1.54) is 25.9 Å². The van der Waals surface area contributed by atoms with Gasteiger partial charge in [-0.1, -0.05) is 15.9 Å². The number of ether oxygens (including phenoxy) is 1. The fraction of sp³-hybridized carbons (Fsp3) is 0.611. The van der Waals surface area contributed by atoms with Gasteiger partial charge < -0.3 is 15.0 Å². The summed E-state index contributed by atoms with van der Waals surface area (Å²) in [4.78, 5) is 14.3. The van der Waals surface area contributed by atoms with Gasteiger partial charge in [0.25, 0.3) is 5.91 Å². The Bertz CT molecular complexity index is 517. The number of halogens is 1. The fourth-order valence-electron chi connectivity index (χ4n) is 2.96. The van der Waals surface area contributed by atoms with Gasteiger partial charge in [-0.3, -0.25) is 4.79 Å². The Labute approximate surface area is 147 Å². The molecule has 1 aromatic rings. The lowest BCUT2D eigenvalue weighted by Crippen LogP contribution is -2.34. The van der Waals surface area contributed by atoms with E-state index in [1.807, 2.05) is 26.0 Å². The van der Waals surface area contributed by atoms with Crippen LogP contribution in [0.15, 0.2) is 16.6 Å². The molecule has 1 heterocycles. The van der Waals surface area contributed by atoms with Gasteiger partial charge in [-0.05, 0) is 82.4 Å². The Morgan fingerprint density at radius 1 is 1.30 bits per heavy atom. The Hall–Kier alpha value is -1.07. The molecule has 0 unspecified atom stereocenters. The third-order valence-corrected chi connectivity index (χ3v) is 5.74. The monoisotopic (exact) mass is 382 g/mol. The smallest absolute Gasteiger partial charge is 0.257 e. The molecular weight excluding hydrogens is 356 g/mol. The number of carbonyl (C=O) groups is 1. The molecule has 1 N–H and O–H groups in total. The number of nitrogens with one attached hydrogen (secondary N) is 1. The van der Waals surface area contributed by atoms with Crippen LogP contribution in [0, 0.1) is 19.8 Å². The lowest BCUT2D eigenvalue weighted by molar-refractivity contribution is -0.123. The van der Waals surface area contributed by atoms with Crippen LogP contribution in [-0.2, 0) is 4.79 Å². The topological polar surface area (TPSA) is 41.6 Å². The fourth-order valence-corrected chi connectivity index (χ4v) is 3.18.